The second-order valence-corrected chi connectivity index (χ2v) is 11.7. The van der Waals surface area contributed by atoms with Crippen molar-refractivity contribution in [3.63, 3.8) is 0 Å². The summed E-state index contributed by atoms with van der Waals surface area (Å²) in [5.74, 6) is 1.82. The van der Waals surface area contributed by atoms with Gasteiger partial charge in [0.15, 0.2) is 0 Å². The topological polar surface area (TPSA) is 9.23 Å². The Labute approximate surface area is 241 Å². The molecule has 0 unspecified atom stereocenters. The van der Waals surface area contributed by atoms with Gasteiger partial charge in [0.1, 0.15) is 11.5 Å². The average molecular weight is 527 g/mol. The summed E-state index contributed by atoms with van der Waals surface area (Å²) in [5.41, 5.74) is 11.9. The van der Waals surface area contributed by atoms with E-state index in [0.29, 0.717) is 0 Å². The summed E-state index contributed by atoms with van der Waals surface area (Å²) in [4.78, 5) is 0. The van der Waals surface area contributed by atoms with Gasteiger partial charge in [0, 0.05) is 22.1 Å². The summed E-state index contributed by atoms with van der Waals surface area (Å²) in [6.07, 6.45) is 0. The van der Waals surface area contributed by atoms with E-state index in [4.69, 9.17) is 4.74 Å². The Hall–Kier alpha value is -4.88. The van der Waals surface area contributed by atoms with Gasteiger partial charge in [0.05, 0.1) is 5.41 Å². The molecule has 6 aromatic rings. The number of rotatable bonds is 3. The first kappa shape index (κ1) is 24.0. The van der Waals surface area contributed by atoms with Crippen molar-refractivity contribution in [3.8, 4) is 33.8 Å². The molecule has 8 rings (SSSR count). The Bertz CT molecular complexity index is 1890. The third-order valence-electron chi connectivity index (χ3n) is 9.23. The maximum atomic E-state index is 6.96. The van der Waals surface area contributed by atoms with Crippen LogP contribution >= 0.6 is 0 Å². The van der Waals surface area contributed by atoms with E-state index in [0.717, 1.165) is 28.2 Å². The van der Waals surface area contributed by atoms with Gasteiger partial charge in [-0.05, 0) is 45.0 Å². The highest BCUT2D eigenvalue weighted by atomic mass is 16.5. The molecular formula is C40H30O. The fourth-order valence-electron chi connectivity index (χ4n) is 7.42. The summed E-state index contributed by atoms with van der Waals surface area (Å²) < 4.78 is 6.96. The number of hydrogen-bond donors (Lipinski definition) is 0. The van der Waals surface area contributed by atoms with E-state index in [-0.39, 0.29) is 5.41 Å². The van der Waals surface area contributed by atoms with Crippen molar-refractivity contribution in [1.82, 2.24) is 0 Å². The number of benzene rings is 6. The lowest BCUT2D eigenvalue weighted by atomic mass is 9.63. The fraction of sp³-hybridized carbons (Fsp3) is 0.100. The highest BCUT2D eigenvalue weighted by Gasteiger charge is 2.46. The summed E-state index contributed by atoms with van der Waals surface area (Å²) >= 11 is 0. The quantitative estimate of drug-likeness (QED) is 0.223. The van der Waals surface area contributed by atoms with Crippen molar-refractivity contribution >= 4 is 0 Å². The van der Waals surface area contributed by atoms with Crippen LogP contribution in [0.5, 0.6) is 11.5 Å². The molecule has 1 nitrogen and oxygen atoms in total. The maximum Gasteiger partial charge on any atom is 0.140 e. The zero-order valence-electron chi connectivity index (χ0n) is 23.3. The second kappa shape index (κ2) is 8.81. The maximum absolute atomic E-state index is 6.96. The molecule has 0 N–H and O–H groups in total. The van der Waals surface area contributed by atoms with E-state index in [1.165, 1.54) is 38.9 Å². The van der Waals surface area contributed by atoms with Crippen molar-refractivity contribution in [2.24, 2.45) is 0 Å². The minimum atomic E-state index is -0.530. The van der Waals surface area contributed by atoms with Crippen LogP contribution in [0.25, 0.3) is 22.3 Å². The smallest absolute Gasteiger partial charge is 0.140 e. The van der Waals surface area contributed by atoms with Crippen LogP contribution in [0, 0.1) is 0 Å². The molecule has 0 spiro atoms. The number of hydrogen-bond acceptors (Lipinski definition) is 1. The van der Waals surface area contributed by atoms with Gasteiger partial charge in [0.25, 0.3) is 0 Å². The monoisotopic (exact) mass is 526 g/mol. The highest BCUT2D eigenvalue weighted by molar-refractivity contribution is 5.95. The second-order valence-electron chi connectivity index (χ2n) is 11.7. The predicted octanol–water partition coefficient (Wildman–Crippen LogP) is 10.1. The molecule has 1 aliphatic carbocycles. The first-order chi connectivity index (χ1) is 20.1. The Morgan fingerprint density at radius 1 is 0.415 bits per heavy atom. The lowest BCUT2D eigenvalue weighted by Crippen LogP contribution is -2.34. The van der Waals surface area contributed by atoms with Gasteiger partial charge >= 0.3 is 0 Å². The molecule has 0 radical (unpaired) electrons. The van der Waals surface area contributed by atoms with Crippen LogP contribution in [0.1, 0.15) is 47.2 Å². The summed E-state index contributed by atoms with van der Waals surface area (Å²) in [5, 5.41) is 0. The molecule has 0 aromatic heterocycles. The molecule has 1 aliphatic heterocycles. The van der Waals surface area contributed by atoms with Gasteiger partial charge in [0.2, 0.25) is 0 Å². The van der Waals surface area contributed by atoms with E-state index in [2.05, 4.69) is 159 Å². The molecule has 1 heteroatoms. The summed E-state index contributed by atoms with van der Waals surface area (Å²) in [6, 6.07) is 52.7. The lowest BCUT2D eigenvalue weighted by molar-refractivity contribution is 0.436. The standard InChI is InChI=1S/C40H30O/c1-39(2)32-22-10-9-19-31(32)37-29(20-13-24-34(37)39)30-21-14-25-35-38(30)41-36-26-12-11-23-33(36)40(35,27-15-5-3-6-16-27)28-17-7-4-8-18-28/h3-26H,1-2H3. The Kier molecular flexibility index (Phi) is 5.15. The molecule has 0 saturated carbocycles. The first-order valence-electron chi connectivity index (χ1n) is 14.4. The zero-order valence-corrected chi connectivity index (χ0v) is 23.3. The molecule has 0 amide bonds. The third-order valence-corrected chi connectivity index (χ3v) is 9.23. The molecule has 0 saturated heterocycles. The van der Waals surface area contributed by atoms with Gasteiger partial charge in [-0.3, -0.25) is 0 Å². The molecule has 196 valence electrons. The van der Waals surface area contributed by atoms with Crippen LogP contribution < -0.4 is 4.74 Å². The molecule has 0 fully saturated rings. The average Bonchev–Trinajstić information content (AvgIpc) is 3.27. The lowest BCUT2D eigenvalue weighted by Gasteiger charge is -2.42. The predicted molar refractivity (Wildman–Crippen MR) is 168 cm³/mol. The number of fused-ring (bicyclic) bond motifs is 5. The van der Waals surface area contributed by atoms with Gasteiger partial charge in [-0.25, -0.2) is 0 Å². The van der Waals surface area contributed by atoms with Gasteiger partial charge in [-0.1, -0.05) is 153 Å². The van der Waals surface area contributed by atoms with E-state index in [1.807, 2.05) is 0 Å². The Morgan fingerprint density at radius 2 is 0.927 bits per heavy atom. The van der Waals surface area contributed by atoms with Crippen molar-refractivity contribution in [1.29, 1.82) is 0 Å². The van der Waals surface area contributed by atoms with E-state index in [9.17, 15) is 0 Å². The minimum absolute atomic E-state index is 0.0674. The third kappa shape index (κ3) is 3.24. The van der Waals surface area contributed by atoms with Crippen LogP contribution in [0.2, 0.25) is 0 Å². The van der Waals surface area contributed by atoms with Crippen molar-refractivity contribution in [3.05, 3.63) is 179 Å². The van der Waals surface area contributed by atoms with Crippen LogP contribution in [-0.4, -0.2) is 0 Å². The van der Waals surface area contributed by atoms with E-state index < -0.39 is 5.41 Å². The molecule has 0 bridgehead atoms. The van der Waals surface area contributed by atoms with E-state index in [1.54, 1.807) is 0 Å². The van der Waals surface area contributed by atoms with Gasteiger partial charge < -0.3 is 4.74 Å². The van der Waals surface area contributed by atoms with Crippen molar-refractivity contribution in [2.45, 2.75) is 24.7 Å². The Morgan fingerprint density at radius 3 is 1.63 bits per heavy atom. The van der Waals surface area contributed by atoms with Gasteiger partial charge in [-0.15, -0.1) is 0 Å². The summed E-state index contributed by atoms with van der Waals surface area (Å²) in [6.45, 7) is 4.68. The molecule has 1 heterocycles. The first-order valence-corrected chi connectivity index (χ1v) is 14.4. The number of ether oxygens (including phenoxy) is 1. The molecule has 6 aromatic carbocycles. The fourth-order valence-corrected chi connectivity index (χ4v) is 7.42. The molecule has 2 aliphatic rings. The largest absolute Gasteiger partial charge is 0.456 e. The summed E-state index contributed by atoms with van der Waals surface area (Å²) in [7, 11) is 0. The highest BCUT2D eigenvalue weighted by Crippen LogP contribution is 2.59. The van der Waals surface area contributed by atoms with Crippen LogP contribution in [0.15, 0.2) is 146 Å². The SMILES string of the molecule is CC1(C)c2ccccc2-c2c(-c3cccc4c3Oc3ccccc3C4(c3ccccc3)c3ccccc3)cccc21. The molecule has 0 atom stereocenters. The molecule has 41 heavy (non-hydrogen) atoms. The molecular weight excluding hydrogens is 496 g/mol. The minimum Gasteiger partial charge on any atom is -0.456 e. The van der Waals surface area contributed by atoms with Crippen LogP contribution in [-0.2, 0) is 10.8 Å². The Balaban J connectivity index is 1.49. The van der Waals surface area contributed by atoms with Crippen LogP contribution in [0.4, 0.5) is 0 Å². The zero-order chi connectivity index (χ0) is 27.6. The van der Waals surface area contributed by atoms with Crippen molar-refractivity contribution in [2.75, 3.05) is 0 Å². The van der Waals surface area contributed by atoms with Crippen molar-refractivity contribution < 1.29 is 4.74 Å². The number of para-hydroxylation sites is 2. The normalized spacial score (nSPS) is 15.2. The van der Waals surface area contributed by atoms with Crippen LogP contribution in [0.3, 0.4) is 0 Å². The van der Waals surface area contributed by atoms with Gasteiger partial charge in [-0.2, -0.15) is 0 Å². The van der Waals surface area contributed by atoms with E-state index >= 15 is 0 Å².